The average Bonchev–Trinajstić information content (AvgIpc) is 2.11. The van der Waals surface area contributed by atoms with Crippen LogP contribution in [0, 0.1) is 0 Å². The van der Waals surface area contributed by atoms with Gasteiger partial charge < -0.3 is 10.6 Å². The smallest absolute Gasteiger partial charge is 0.0102 e. The van der Waals surface area contributed by atoms with Crippen LogP contribution in [0.4, 0.5) is 0 Å². The van der Waals surface area contributed by atoms with E-state index in [1.807, 2.05) is 0 Å². The minimum Gasteiger partial charge on any atom is -0.329 e. The van der Waals surface area contributed by atoms with Crippen LogP contribution in [0.5, 0.6) is 0 Å². The van der Waals surface area contributed by atoms with Gasteiger partial charge in [0, 0.05) is 19.6 Å². The van der Waals surface area contributed by atoms with E-state index in [1.54, 1.807) is 0 Å². The van der Waals surface area contributed by atoms with Crippen molar-refractivity contribution < 1.29 is 0 Å². The summed E-state index contributed by atoms with van der Waals surface area (Å²) in [6.07, 6.45) is 10.8. The van der Waals surface area contributed by atoms with Crippen LogP contribution in [0.25, 0.3) is 0 Å². The first kappa shape index (κ1) is 12.4. The van der Waals surface area contributed by atoms with Gasteiger partial charge in [0.2, 0.25) is 0 Å². The number of likely N-dealkylation sites (N-methyl/N-ethyl adjacent to an activating group) is 1. The van der Waals surface area contributed by atoms with Gasteiger partial charge in [0.15, 0.2) is 0 Å². The molecular formula is C11H22N2. The number of allylic oxidation sites excluding steroid dienone is 3. The third-order valence-corrected chi connectivity index (χ3v) is 1.81. The summed E-state index contributed by atoms with van der Waals surface area (Å²) in [6, 6.07) is 0. The molecule has 0 aromatic rings. The maximum absolute atomic E-state index is 5.43. The van der Waals surface area contributed by atoms with Crippen molar-refractivity contribution in [3.63, 3.8) is 0 Å². The molecule has 13 heavy (non-hydrogen) atoms. The highest BCUT2D eigenvalue weighted by Gasteiger charge is 1.92. The van der Waals surface area contributed by atoms with Crippen LogP contribution in [0.1, 0.15) is 19.8 Å². The molecule has 0 aromatic heterocycles. The number of nitrogens with two attached hydrogens (primary N) is 1. The number of hydrogen-bond donors (Lipinski definition) is 1. The van der Waals surface area contributed by atoms with Gasteiger partial charge in [0.1, 0.15) is 0 Å². The lowest BCUT2D eigenvalue weighted by molar-refractivity contribution is 0.350. The van der Waals surface area contributed by atoms with E-state index in [9.17, 15) is 0 Å². The van der Waals surface area contributed by atoms with Crippen LogP contribution in [-0.4, -0.2) is 31.6 Å². The summed E-state index contributed by atoms with van der Waals surface area (Å²) in [5.74, 6) is 0. The molecule has 0 aliphatic carbocycles. The van der Waals surface area contributed by atoms with E-state index in [0.29, 0.717) is 0 Å². The van der Waals surface area contributed by atoms with Gasteiger partial charge in [-0.15, -0.1) is 0 Å². The fourth-order valence-electron chi connectivity index (χ4n) is 1.02. The van der Waals surface area contributed by atoms with Crippen molar-refractivity contribution >= 4 is 0 Å². The molecule has 0 aromatic carbocycles. The SMILES string of the molecule is CCC=CC=CCCN(C)CCN. The van der Waals surface area contributed by atoms with Crippen molar-refractivity contribution in [2.75, 3.05) is 26.7 Å². The van der Waals surface area contributed by atoms with Gasteiger partial charge in [-0.1, -0.05) is 31.2 Å². The first-order chi connectivity index (χ1) is 6.31. The lowest BCUT2D eigenvalue weighted by Crippen LogP contribution is -2.26. The molecule has 2 N–H and O–H groups in total. The summed E-state index contributed by atoms with van der Waals surface area (Å²) in [5.41, 5.74) is 5.43. The molecule has 0 spiro atoms. The normalized spacial score (nSPS) is 12.3. The van der Waals surface area contributed by atoms with E-state index in [2.05, 4.69) is 43.2 Å². The predicted octanol–water partition coefficient (Wildman–Crippen LogP) is 1.79. The Morgan fingerprint density at radius 1 is 1.15 bits per heavy atom. The summed E-state index contributed by atoms with van der Waals surface area (Å²) >= 11 is 0. The number of nitrogens with zero attached hydrogens (tertiary/aromatic N) is 1. The van der Waals surface area contributed by atoms with Crippen molar-refractivity contribution in [3.8, 4) is 0 Å². The zero-order chi connectivity index (χ0) is 9.94. The Balaban J connectivity index is 3.33. The van der Waals surface area contributed by atoms with E-state index in [0.717, 1.165) is 32.5 Å². The van der Waals surface area contributed by atoms with Gasteiger partial charge in [0.25, 0.3) is 0 Å². The summed E-state index contributed by atoms with van der Waals surface area (Å²) in [7, 11) is 2.10. The zero-order valence-electron chi connectivity index (χ0n) is 8.87. The molecule has 0 aliphatic rings. The van der Waals surface area contributed by atoms with Crippen LogP contribution < -0.4 is 5.73 Å². The van der Waals surface area contributed by atoms with Crippen LogP contribution in [-0.2, 0) is 0 Å². The van der Waals surface area contributed by atoms with Gasteiger partial charge in [0.05, 0.1) is 0 Å². The zero-order valence-corrected chi connectivity index (χ0v) is 8.87. The van der Waals surface area contributed by atoms with Gasteiger partial charge in [-0.3, -0.25) is 0 Å². The molecule has 76 valence electrons. The third-order valence-electron chi connectivity index (χ3n) is 1.81. The fourth-order valence-corrected chi connectivity index (χ4v) is 1.02. The van der Waals surface area contributed by atoms with Crippen LogP contribution in [0.3, 0.4) is 0 Å². The maximum atomic E-state index is 5.43. The molecule has 0 saturated heterocycles. The minimum atomic E-state index is 0.746. The summed E-state index contributed by atoms with van der Waals surface area (Å²) in [6.45, 7) is 4.96. The standard InChI is InChI=1S/C11H22N2/c1-3-4-5-6-7-8-10-13(2)11-9-12/h4-7H,3,8-12H2,1-2H3. The molecule has 2 nitrogen and oxygen atoms in total. The van der Waals surface area contributed by atoms with E-state index in [1.165, 1.54) is 0 Å². The Labute approximate surface area is 82.1 Å². The summed E-state index contributed by atoms with van der Waals surface area (Å²) in [5, 5.41) is 0. The molecule has 0 aliphatic heterocycles. The topological polar surface area (TPSA) is 29.3 Å². The molecule has 0 atom stereocenters. The van der Waals surface area contributed by atoms with Crippen molar-refractivity contribution in [1.82, 2.24) is 4.90 Å². The van der Waals surface area contributed by atoms with Gasteiger partial charge in [-0.05, 0) is 19.9 Å². The minimum absolute atomic E-state index is 0.746. The molecule has 0 radical (unpaired) electrons. The first-order valence-corrected chi connectivity index (χ1v) is 5.01. The van der Waals surface area contributed by atoms with Crippen LogP contribution in [0.15, 0.2) is 24.3 Å². The molecule has 0 bridgehead atoms. The Bertz CT molecular complexity index is 150. The highest BCUT2D eigenvalue weighted by molar-refractivity contribution is 5.01. The second-order valence-electron chi connectivity index (χ2n) is 3.15. The fraction of sp³-hybridized carbons (Fsp3) is 0.636. The summed E-state index contributed by atoms with van der Waals surface area (Å²) < 4.78 is 0. The Morgan fingerprint density at radius 2 is 1.85 bits per heavy atom. The highest BCUT2D eigenvalue weighted by Crippen LogP contribution is 1.89. The van der Waals surface area contributed by atoms with Crippen molar-refractivity contribution in [3.05, 3.63) is 24.3 Å². The van der Waals surface area contributed by atoms with Gasteiger partial charge in [-0.2, -0.15) is 0 Å². The van der Waals surface area contributed by atoms with E-state index in [4.69, 9.17) is 5.73 Å². The number of rotatable bonds is 7. The Morgan fingerprint density at radius 3 is 2.46 bits per heavy atom. The molecular weight excluding hydrogens is 160 g/mol. The molecule has 0 amide bonds. The predicted molar refractivity (Wildman–Crippen MR) is 59.7 cm³/mol. The Hall–Kier alpha value is -0.600. The van der Waals surface area contributed by atoms with Crippen molar-refractivity contribution in [1.29, 1.82) is 0 Å². The van der Waals surface area contributed by atoms with Crippen LogP contribution in [0.2, 0.25) is 0 Å². The second kappa shape index (κ2) is 9.49. The molecule has 0 fully saturated rings. The second-order valence-corrected chi connectivity index (χ2v) is 3.15. The lowest BCUT2D eigenvalue weighted by Gasteiger charge is -2.12. The van der Waals surface area contributed by atoms with Gasteiger partial charge >= 0.3 is 0 Å². The molecule has 0 heterocycles. The van der Waals surface area contributed by atoms with E-state index in [-0.39, 0.29) is 0 Å². The largest absolute Gasteiger partial charge is 0.329 e. The Kier molecular flexibility index (Phi) is 9.05. The molecule has 2 heteroatoms. The molecule has 0 rings (SSSR count). The number of hydrogen-bond acceptors (Lipinski definition) is 2. The highest BCUT2D eigenvalue weighted by atomic mass is 15.1. The quantitative estimate of drug-likeness (QED) is 0.608. The molecule has 0 saturated carbocycles. The van der Waals surface area contributed by atoms with Crippen LogP contribution >= 0.6 is 0 Å². The van der Waals surface area contributed by atoms with Crippen molar-refractivity contribution in [2.24, 2.45) is 5.73 Å². The summed E-state index contributed by atoms with van der Waals surface area (Å²) in [4.78, 5) is 2.24. The third kappa shape index (κ3) is 9.31. The van der Waals surface area contributed by atoms with E-state index < -0.39 is 0 Å². The lowest BCUT2D eigenvalue weighted by atomic mass is 10.3. The average molecular weight is 182 g/mol. The van der Waals surface area contributed by atoms with E-state index >= 15 is 0 Å². The van der Waals surface area contributed by atoms with Gasteiger partial charge in [-0.25, -0.2) is 0 Å². The monoisotopic (exact) mass is 182 g/mol. The first-order valence-electron chi connectivity index (χ1n) is 5.01. The van der Waals surface area contributed by atoms with Crippen molar-refractivity contribution in [2.45, 2.75) is 19.8 Å². The molecule has 0 unspecified atom stereocenters. The maximum Gasteiger partial charge on any atom is 0.0102 e.